The lowest BCUT2D eigenvalue weighted by atomic mass is 10.0. The van der Waals surface area contributed by atoms with E-state index < -0.39 is 5.25 Å². The van der Waals surface area contributed by atoms with Gasteiger partial charge in [-0.1, -0.05) is 23.9 Å². The first-order valence-corrected chi connectivity index (χ1v) is 10.5. The average molecular weight is 420 g/mol. The Hall–Kier alpha value is -2.19. The number of fused-ring (bicyclic) bond motifs is 1. The highest BCUT2D eigenvalue weighted by atomic mass is 32.2. The number of nitrogens with one attached hydrogen (secondary N) is 2. The SMILES string of the molecule is Cc1sc2nc(S[C@@H](C)C(=O)NC(C)(C)C)[nH]c(=O)c2c1-c1ccc(F)cc1. The van der Waals surface area contributed by atoms with Crippen molar-refractivity contribution in [1.82, 2.24) is 15.3 Å². The van der Waals surface area contributed by atoms with Gasteiger partial charge in [0.25, 0.3) is 5.56 Å². The minimum absolute atomic E-state index is 0.116. The fourth-order valence-electron chi connectivity index (χ4n) is 2.81. The zero-order valence-electron chi connectivity index (χ0n) is 16.3. The number of hydrogen-bond donors (Lipinski definition) is 2. The van der Waals surface area contributed by atoms with Gasteiger partial charge in [-0.2, -0.15) is 0 Å². The fraction of sp³-hybridized carbons (Fsp3) is 0.350. The van der Waals surface area contributed by atoms with Crippen LogP contribution in [0, 0.1) is 12.7 Å². The van der Waals surface area contributed by atoms with Crippen LogP contribution in [0.3, 0.4) is 0 Å². The number of amides is 1. The quantitative estimate of drug-likeness (QED) is 0.482. The van der Waals surface area contributed by atoms with E-state index in [1.54, 1.807) is 19.1 Å². The standard InChI is InChI=1S/C20H22FN3O2S2/c1-10-14(12-6-8-13(21)9-7-12)15-17(26)22-19(23-18(15)27-10)28-11(2)16(25)24-20(3,4)5/h6-9,11H,1-5H3,(H,24,25)(H,22,23,26)/t11-/m0/s1. The Morgan fingerprint density at radius 1 is 1.29 bits per heavy atom. The molecule has 1 amide bonds. The molecular formula is C20H22FN3O2S2. The zero-order valence-corrected chi connectivity index (χ0v) is 18.0. The van der Waals surface area contributed by atoms with Crippen LogP contribution in [0.2, 0.25) is 0 Å². The van der Waals surface area contributed by atoms with Gasteiger partial charge < -0.3 is 10.3 Å². The van der Waals surface area contributed by atoms with Gasteiger partial charge in [0.1, 0.15) is 10.6 Å². The molecule has 0 aliphatic rings. The molecule has 2 aromatic heterocycles. The third-order valence-corrected chi connectivity index (χ3v) is 5.99. The minimum atomic E-state index is -0.405. The molecule has 0 saturated carbocycles. The van der Waals surface area contributed by atoms with E-state index in [0.717, 1.165) is 16.0 Å². The summed E-state index contributed by atoms with van der Waals surface area (Å²) in [6.07, 6.45) is 0. The molecule has 1 aromatic carbocycles. The van der Waals surface area contributed by atoms with Crippen molar-refractivity contribution in [2.75, 3.05) is 0 Å². The van der Waals surface area contributed by atoms with E-state index in [1.165, 1.54) is 35.2 Å². The smallest absolute Gasteiger partial charge is 0.260 e. The summed E-state index contributed by atoms with van der Waals surface area (Å²) in [6, 6.07) is 6.06. The molecule has 0 saturated heterocycles. The third-order valence-electron chi connectivity index (χ3n) is 4.01. The third kappa shape index (κ3) is 4.44. The lowest BCUT2D eigenvalue weighted by Crippen LogP contribution is -2.44. The Labute approximate surface area is 170 Å². The number of rotatable bonds is 4. The molecule has 0 aliphatic carbocycles. The summed E-state index contributed by atoms with van der Waals surface area (Å²) in [6.45, 7) is 9.44. The summed E-state index contributed by atoms with van der Waals surface area (Å²) in [5.41, 5.74) is 0.949. The first-order chi connectivity index (χ1) is 13.0. The highest BCUT2D eigenvalue weighted by molar-refractivity contribution is 8.00. The number of aryl methyl sites for hydroxylation is 1. The maximum Gasteiger partial charge on any atom is 0.260 e. The molecule has 0 aliphatic heterocycles. The van der Waals surface area contributed by atoms with E-state index in [2.05, 4.69) is 15.3 Å². The molecule has 2 heterocycles. The Kier molecular flexibility index (Phi) is 5.63. The predicted molar refractivity (Wildman–Crippen MR) is 114 cm³/mol. The van der Waals surface area contributed by atoms with Crippen LogP contribution in [0.25, 0.3) is 21.3 Å². The summed E-state index contributed by atoms with van der Waals surface area (Å²) in [5, 5.41) is 3.41. The molecule has 3 rings (SSSR count). The van der Waals surface area contributed by atoms with Crippen molar-refractivity contribution in [1.29, 1.82) is 0 Å². The number of nitrogens with zero attached hydrogens (tertiary/aromatic N) is 1. The number of H-pyrrole nitrogens is 1. The fourth-order valence-corrected chi connectivity index (χ4v) is 4.71. The number of halogens is 1. The first-order valence-electron chi connectivity index (χ1n) is 8.83. The van der Waals surface area contributed by atoms with Gasteiger partial charge in [-0.25, -0.2) is 9.37 Å². The van der Waals surface area contributed by atoms with Crippen molar-refractivity contribution in [2.45, 2.75) is 50.6 Å². The van der Waals surface area contributed by atoms with Crippen molar-refractivity contribution in [3.63, 3.8) is 0 Å². The first kappa shape index (κ1) is 20.5. The van der Waals surface area contributed by atoms with Gasteiger partial charge in [0.15, 0.2) is 5.16 Å². The van der Waals surface area contributed by atoms with Crippen molar-refractivity contribution in [3.8, 4) is 11.1 Å². The van der Waals surface area contributed by atoms with Gasteiger partial charge in [-0.05, 0) is 52.3 Å². The van der Waals surface area contributed by atoms with E-state index in [0.29, 0.717) is 15.4 Å². The molecule has 0 spiro atoms. The Bertz CT molecular complexity index is 1080. The number of aromatic amines is 1. The van der Waals surface area contributed by atoms with Gasteiger partial charge in [-0.15, -0.1) is 11.3 Å². The second-order valence-electron chi connectivity index (χ2n) is 7.59. The van der Waals surface area contributed by atoms with E-state index in [-0.39, 0.29) is 22.8 Å². The predicted octanol–water partition coefficient (Wildman–Crippen LogP) is 4.49. The molecule has 0 unspecified atom stereocenters. The van der Waals surface area contributed by atoms with E-state index in [4.69, 9.17) is 0 Å². The molecule has 0 fully saturated rings. The molecule has 1 atom stereocenters. The van der Waals surface area contributed by atoms with Crippen LogP contribution in [0.15, 0.2) is 34.2 Å². The lowest BCUT2D eigenvalue weighted by Gasteiger charge is -2.22. The number of thioether (sulfide) groups is 1. The molecule has 0 radical (unpaired) electrons. The van der Waals surface area contributed by atoms with Crippen molar-refractivity contribution in [3.05, 3.63) is 45.3 Å². The van der Waals surface area contributed by atoms with Gasteiger partial charge in [0, 0.05) is 16.0 Å². The normalized spacial score (nSPS) is 12.9. The minimum Gasteiger partial charge on any atom is -0.351 e. The maximum absolute atomic E-state index is 13.3. The summed E-state index contributed by atoms with van der Waals surface area (Å²) >= 11 is 2.63. The number of benzene rings is 1. The molecule has 5 nitrogen and oxygen atoms in total. The molecule has 0 bridgehead atoms. The molecule has 3 aromatic rings. The summed E-state index contributed by atoms with van der Waals surface area (Å²) in [7, 11) is 0. The summed E-state index contributed by atoms with van der Waals surface area (Å²) < 4.78 is 13.3. The molecule has 2 N–H and O–H groups in total. The molecule has 148 valence electrons. The highest BCUT2D eigenvalue weighted by Gasteiger charge is 2.22. The summed E-state index contributed by atoms with van der Waals surface area (Å²) in [5.74, 6) is -0.441. The van der Waals surface area contributed by atoms with Gasteiger partial charge >= 0.3 is 0 Å². The van der Waals surface area contributed by atoms with Crippen molar-refractivity contribution >= 4 is 39.2 Å². The average Bonchev–Trinajstić information content (AvgIpc) is 2.90. The summed E-state index contributed by atoms with van der Waals surface area (Å²) in [4.78, 5) is 33.9. The second kappa shape index (κ2) is 7.67. The largest absolute Gasteiger partial charge is 0.351 e. The van der Waals surface area contributed by atoms with Gasteiger partial charge in [0.2, 0.25) is 5.91 Å². The highest BCUT2D eigenvalue weighted by Crippen LogP contribution is 2.36. The maximum atomic E-state index is 13.3. The van der Waals surface area contributed by atoms with Crippen LogP contribution in [-0.2, 0) is 4.79 Å². The second-order valence-corrected chi connectivity index (χ2v) is 10.1. The van der Waals surface area contributed by atoms with Crippen LogP contribution in [0.5, 0.6) is 0 Å². The van der Waals surface area contributed by atoms with Crippen LogP contribution >= 0.6 is 23.1 Å². The van der Waals surface area contributed by atoms with Gasteiger partial charge in [0.05, 0.1) is 10.6 Å². The lowest BCUT2D eigenvalue weighted by molar-refractivity contribution is -0.121. The Balaban J connectivity index is 1.95. The molecular weight excluding hydrogens is 397 g/mol. The van der Waals surface area contributed by atoms with Crippen molar-refractivity contribution in [2.24, 2.45) is 0 Å². The number of hydrogen-bond acceptors (Lipinski definition) is 5. The van der Waals surface area contributed by atoms with E-state index in [1.807, 2.05) is 27.7 Å². The van der Waals surface area contributed by atoms with Crippen LogP contribution in [-0.4, -0.2) is 26.7 Å². The number of carbonyl (C=O) groups is 1. The number of thiophene rings is 1. The Morgan fingerprint density at radius 3 is 2.54 bits per heavy atom. The monoisotopic (exact) mass is 419 g/mol. The van der Waals surface area contributed by atoms with Crippen LogP contribution in [0.1, 0.15) is 32.6 Å². The number of aromatic nitrogens is 2. The van der Waals surface area contributed by atoms with E-state index >= 15 is 0 Å². The van der Waals surface area contributed by atoms with Crippen LogP contribution in [0.4, 0.5) is 4.39 Å². The Morgan fingerprint density at radius 2 is 1.93 bits per heavy atom. The number of carbonyl (C=O) groups excluding carboxylic acids is 1. The van der Waals surface area contributed by atoms with E-state index in [9.17, 15) is 14.0 Å². The molecule has 8 heteroatoms. The van der Waals surface area contributed by atoms with Gasteiger partial charge in [-0.3, -0.25) is 9.59 Å². The van der Waals surface area contributed by atoms with Crippen LogP contribution < -0.4 is 10.9 Å². The van der Waals surface area contributed by atoms with Crippen molar-refractivity contribution < 1.29 is 9.18 Å². The topological polar surface area (TPSA) is 74.8 Å². The molecule has 28 heavy (non-hydrogen) atoms. The zero-order chi connectivity index (χ0) is 20.6.